The van der Waals surface area contributed by atoms with E-state index in [-0.39, 0.29) is 5.91 Å². The van der Waals surface area contributed by atoms with Crippen LogP contribution in [0.4, 0.5) is 0 Å². The van der Waals surface area contributed by atoms with Gasteiger partial charge in [0, 0.05) is 31.3 Å². The highest BCUT2D eigenvalue weighted by Crippen LogP contribution is 2.38. The van der Waals surface area contributed by atoms with E-state index >= 15 is 0 Å². The Morgan fingerprint density at radius 3 is 2.86 bits per heavy atom. The van der Waals surface area contributed by atoms with Crippen LogP contribution in [-0.4, -0.2) is 33.5 Å². The third-order valence-electron chi connectivity index (χ3n) is 4.67. The van der Waals surface area contributed by atoms with Gasteiger partial charge in [-0.3, -0.25) is 4.79 Å². The number of rotatable bonds is 6. The molecule has 1 saturated heterocycles. The Balaban J connectivity index is 1.52. The van der Waals surface area contributed by atoms with Crippen LogP contribution in [0.2, 0.25) is 0 Å². The number of amides is 1. The van der Waals surface area contributed by atoms with Crippen molar-refractivity contribution in [2.45, 2.75) is 77.2 Å². The molecule has 5 heteroatoms. The van der Waals surface area contributed by atoms with Crippen LogP contribution in [0.5, 0.6) is 0 Å². The van der Waals surface area contributed by atoms with Crippen molar-refractivity contribution in [2.75, 3.05) is 6.54 Å². The Kier molecular flexibility index (Phi) is 4.79. The molecular weight excluding hydrogens is 278 g/mol. The Morgan fingerprint density at radius 2 is 2.14 bits per heavy atom. The molecule has 2 heterocycles. The van der Waals surface area contributed by atoms with Gasteiger partial charge in [0.05, 0.1) is 0 Å². The highest BCUT2D eigenvalue weighted by molar-refractivity contribution is 5.76. The molecule has 1 aromatic rings. The van der Waals surface area contributed by atoms with E-state index in [0.717, 1.165) is 31.6 Å². The lowest BCUT2D eigenvalue weighted by Crippen LogP contribution is -2.44. The number of carbonyl (C=O) groups is 1. The van der Waals surface area contributed by atoms with Gasteiger partial charge in [0.25, 0.3) is 0 Å². The standard InChI is InChI=1S/C17H27N3O2/c1-12(2)11-14-5-3-4-10-20(14)16(21)9-8-15-18-17(19-22-15)13-6-7-13/h12-14H,3-11H2,1-2H3/t14-/m1/s1. The highest BCUT2D eigenvalue weighted by atomic mass is 16.5. The van der Waals surface area contributed by atoms with Crippen molar-refractivity contribution >= 4 is 5.91 Å². The zero-order chi connectivity index (χ0) is 15.5. The molecule has 0 spiro atoms. The van der Waals surface area contributed by atoms with Crippen LogP contribution in [0.25, 0.3) is 0 Å². The van der Waals surface area contributed by atoms with Gasteiger partial charge in [-0.25, -0.2) is 0 Å². The van der Waals surface area contributed by atoms with E-state index in [0.29, 0.717) is 36.6 Å². The first-order valence-electron chi connectivity index (χ1n) is 8.75. The first-order chi connectivity index (χ1) is 10.6. The van der Waals surface area contributed by atoms with Crippen molar-refractivity contribution in [3.05, 3.63) is 11.7 Å². The topological polar surface area (TPSA) is 59.2 Å². The second-order valence-corrected chi connectivity index (χ2v) is 7.19. The molecule has 1 atom stereocenters. The van der Waals surface area contributed by atoms with Gasteiger partial charge in [0.2, 0.25) is 11.8 Å². The third kappa shape index (κ3) is 3.87. The maximum atomic E-state index is 12.6. The normalized spacial score (nSPS) is 22.3. The molecule has 1 aromatic heterocycles. The summed E-state index contributed by atoms with van der Waals surface area (Å²) in [5.74, 6) is 2.84. The van der Waals surface area contributed by atoms with E-state index < -0.39 is 0 Å². The van der Waals surface area contributed by atoms with Crippen LogP contribution in [-0.2, 0) is 11.2 Å². The lowest BCUT2D eigenvalue weighted by molar-refractivity contribution is -0.135. The molecule has 0 bridgehead atoms. The first-order valence-corrected chi connectivity index (χ1v) is 8.75. The summed E-state index contributed by atoms with van der Waals surface area (Å²) >= 11 is 0. The molecule has 0 aromatic carbocycles. The zero-order valence-corrected chi connectivity index (χ0v) is 13.8. The molecule has 1 aliphatic carbocycles. The molecular formula is C17H27N3O2. The van der Waals surface area contributed by atoms with Crippen LogP contribution >= 0.6 is 0 Å². The van der Waals surface area contributed by atoms with Crippen molar-refractivity contribution in [3.8, 4) is 0 Å². The summed E-state index contributed by atoms with van der Waals surface area (Å²) in [6.07, 6.45) is 8.03. The summed E-state index contributed by atoms with van der Waals surface area (Å²) in [5.41, 5.74) is 0. The van der Waals surface area contributed by atoms with Crippen LogP contribution in [0.3, 0.4) is 0 Å². The number of hydrogen-bond acceptors (Lipinski definition) is 4. The Morgan fingerprint density at radius 1 is 1.32 bits per heavy atom. The Labute approximate surface area is 132 Å². The van der Waals surface area contributed by atoms with Crippen molar-refractivity contribution in [1.29, 1.82) is 0 Å². The number of carbonyl (C=O) groups excluding carboxylic acids is 1. The van der Waals surface area contributed by atoms with Gasteiger partial charge in [-0.2, -0.15) is 4.98 Å². The highest BCUT2D eigenvalue weighted by Gasteiger charge is 2.30. The molecule has 1 aliphatic heterocycles. The molecule has 1 saturated carbocycles. The van der Waals surface area contributed by atoms with Gasteiger partial charge in [0.1, 0.15) is 0 Å². The second kappa shape index (κ2) is 6.80. The number of hydrogen-bond donors (Lipinski definition) is 0. The molecule has 2 aliphatic rings. The van der Waals surface area contributed by atoms with Crippen LogP contribution in [0.15, 0.2) is 4.52 Å². The van der Waals surface area contributed by atoms with Crippen LogP contribution in [0.1, 0.15) is 76.4 Å². The monoisotopic (exact) mass is 305 g/mol. The van der Waals surface area contributed by atoms with Gasteiger partial charge in [-0.15, -0.1) is 0 Å². The molecule has 3 rings (SSSR count). The van der Waals surface area contributed by atoms with Crippen molar-refractivity contribution < 1.29 is 9.32 Å². The summed E-state index contributed by atoms with van der Waals surface area (Å²) in [7, 11) is 0. The summed E-state index contributed by atoms with van der Waals surface area (Å²) in [4.78, 5) is 19.1. The summed E-state index contributed by atoms with van der Waals surface area (Å²) in [6.45, 7) is 5.37. The molecule has 2 fully saturated rings. The number of aryl methyl sites for hydroxylation is 1. The molecule has 0 radical (unpaired) electrons. The largest absolute Gasteiger partial charge is 0.340 e. The van der Waals surface area contributed by atoms with Gasteiger partial charge in [-0.05, 0) is 44.4 Å². The fraction of sp³-hybridized carbons (Fsp3) is 0.824. The molecule has 0 N–H and O–H groups in total. The van der Waals surface area contributed by atoms with Gasteiger partial charge >= 0.3 is 0 Å². The van der Waals surface area contributed by atoms with E-state index in [9.17, 15) is 4.79 Å². The minimum atomic E-state index is 0.247. The smallest absolute Gasteiger partial charge is 0.227 e. The number of likely N-dealkylation sites (tertiary alicyclic amines) is 1. The molecule has 1 amide bonds. The lowest BCUT2D eigenvalue weighted by atomic mass is 9.93. The maximum absolute atomic E-state index is 12.6. The lowest BCUT2D eigenvalue weighted by Gasteiger charge is -2.37. The molecule has 22 heavy (non-hydrogen) atoms. The predicted molar refractivity (Wildman–Crippen MR) is 83.4 cm³/mol. The minimum absolute atomic E-state index is 0.247. The van der Waals surface area contributed by atoms with Gasteiger partial charge in [-0.1, -0.05) is 19.0 Å². The SMILES string of the molecule is CC(C)C[C@H]1CCCCN1C(=O)CCc1nc(C2CC2)no1. The Bertz CT molecular complexity index is 508. The number of aromatic nitrogens is 2. The zero-order valence-electron chi connectivity index (χ0n) is 13.8. The molecule has 5 nitrogen and oxygen atoms in total. The minimum Gasteiger partial charge on any atom is -0.340 e. The van der Waals surface area contributed by atoms with Crippen LogP contribution < -0.4 is 0 Å². The van der Waals surface area contributed by atoms with Crippen LogP contribution in [0, 0.1) is 5.92 Å². The molecule has 122 valence electrons. The average Bonchev–Trinajstić information content (AvgIpc) is 3.24. The fourth-order valence-corrected chi connectivity index (χ4v) is 3.35. The quantitative estimate of drug-likeness (QED) is 0.809. The second-order valence-electron chi connectivity index (χ2n) is 7.19. The van der Waals surface area contributed by atoms with Crippen molar-refractivity contribution in [2.24, 2.45) is 5.92 Å². The van der Waals surface area contributed by atoms with Gasteiger partial charge in [0.15, 0.2) is 5.82 Å². The van der Waals surface area contributed by atoms with E-state index in [1.165, 1.54) is 19.3 Å². The Hall–Kier alpha value is -1.39. The van der Waals surface area contributed by atoms with Crippen molar-refractivity contribution in [1.82, 2.24) is 15.0 Å². The van der Waals surface area contributed by atoms with E-state index in [1.54, 1.807) is 0 Å². The summed E-state index contributed by atoms with van der Waals surface area (Å²) in [5, 5.41) is 4.01. The first kappa shape index (κ1) is 15.5. The fourth-order valence-electron chi connectivity index (χ4n) is 3.35. The van der Waals surface area contributed by atoms with E-state index in [1.807, 2.05) is 0 Å². The number of nitrogens with zero attached hydrogens (tertiary/aromatic N) is 3. The van der Waals surface area contributed by atoms with Crippen molar-refractivity contribution in [3.63, 3.8) is 0 Å². The number of piperidine rings is 1. The van der Waals surface area contributed by atoms with E-state index in [4.69, 9.17) is 4.52 Å². The summed E-state index contributed by atoms with van der Waals surface area (Å²) < 4.78 is 5.26. The third-order valence-corrected chi connectivity index (χ3v) is 4.67. The van der Waals surface area contributed by atoms with Gasteiger partial charge < -0.3 is 9.42 Å². The summed E-state index contributed by atoms with van der Waals surface area (Å²) in [6, 6.07) is 0.422. The maximum Gasteiger partial charge on any atom is 0.227 e. The molecule has 0 unspecified atom stereocenters. The van der Waals surface area contributed by atoms with E-state index in [2.05, 4.69) is 28.9 Å². The average molecular weight is 305 g/mol. The predicted octanol–water partition coefficient (Wildman–Crippen LogP) is 3.31.